The van der Waals surface area contributed by atoms with Crippen LogP contribution in [-0.2, 0) is 0 Å². The van der Waals surface area contributed by atoms with Crippen LogP contribution in [0.4, 0.5) is 0 Å². The van der Waals surface area contributed by atoms with Gasteiger partial charge in [-0.05, 0) is 48.3 Å². The van der Waals surface area contributed by atoms with Gasteiger partial charge in [0.25, 0.3) is 0 Å². The minimum Gasteiger partial charge on any atom is -0.380 e. The van der Waals surface area contributed by atoms with Crippen molar-refractivity contribution in [3.8, 4) is 11.1 Å². The van der Waals surface area contributed by atoms with E-state index in [1.807, 2.05) is 42.5 Å². The Morgan fingerprint density at radius 2 is 1.87 bits per heavy atom. The van der Waals surface area contributed by atoms with Gasteiger partial charge in [0.15, 0.2) is 10.9 Å². The van der Waals surface area contributed by atoms with Gasteiger partial charge in [0.1, 0.15) is 5.69 Å². The van der Waals surface area contributed by atoms with Crippen molar-refractivity contribution >= 4 is 23.2 Å². The van der Waals surface area contributed by atoms with Gasteiger partial charge in [0.05, 0.1) is 0 Å². The number of hydrazone groups is 1. The summed E-state index contributed by atoms with van der Waals surface area (Å²) in [4.78, 5) is 6.38. The Balaban J connectivity index is 1.73. The van der Waals surface area contributed by atoms with E-state index >= 15 is 0 Å². The van der Waals surface area contributed by atoms with Crippen LogP contribution >= 0.6 is 12.2 Å². The van der Waals surface area contributed by atoms with Crippen molar-refractivity contribution in [2.75, 3.05) is 13.1 Å². The topological polar surface area (TPSA) is 66.5 Å². The van der Waals surface area contributed by atoms with E-state index in [1.54, 1.807) is 6.20 Å². The van der Waals surface area contributed by atoms with E-state index in [1.165, 1.54) is 12.8 Å². The summed E-state index contributed by atoms with van der Waals surface area (Å²) in [6, 6.07) is 14.0. The van der Waals surface area contributed by atoms with Crippen molar-refractivity contribution in [3.05, 3.63) is 54.4 Å². The molecule has 2 aromatic rings. The van der Waals surface area contributed by atoms with Crippen LogP contribution in [0.1, 0.15) is 18.5 Å². The summed E-state index contributed by atoms with van der Waals surface area (Å²) in [7, 11) is 0. The Kier molecular flexibility index (Phi) is 4.83. The van der Waals surface area contributed by atoms with Gasteiger partial charge >= 0.3 is 0 Å². The molecule has 1 aliphatic heterocycles. The first kappa shape index (κ1) is 15.4. The monoisotopic (exact) mass is 325 g/mol. The van der Waals surface area contributed by atoms with Gasteiger partial charge in [0.2, 0.25) is 0 Å². The first-order valence-electron chi connectivity index (χ1n) is 7.64. The highest BCUT2D eigenvalue weighted by Crippen LogP contribution is 2.18. The molecule has 3 N–H and O–H groups in total. The summed E-state index contributed by atoms with van der Waals surface area (Å²) < 4.78 is 0. The molecule has 1 aromatic heterocycles. The summed E-state index contributed by atoms with van der Waals surface area (Å²) in [5, 5.41) is 4.79. The third-order valence-electron chi connectivity index (χ3n) is 3.79. The fraction of sp³-hybridized carbons (Fsp3) is 0.235. The van der Waals surface area contributed by atoms with Crippen molar-refractivity contribution < 1.29 is 0 Å². The van der Waals surface area contributed by atoms with E-state index in [0.717, 1.165) is 24.2 Å². The molecule has 0 saturated carbocycles. The summed E-state index contributed by atoms with van der Waals surface area (Å²) in [5.41, 5.74) is 11.7. The normalized spacial score (nSPS) is 14.8. The van der Waals surface area contributed by atoms with E-state index in [0.29, 0.717) is 16.6 Å². The Hall–Kier alpha value is -2.47. The average Bonchev–Trinajstić information content (AvgIpc) is 3.15. The van der Waals surface area contributed by atoms with E-state index < -0.39 is 0 Å². The number of nitrogens with one attached hydrogen (secondary N) is 1. The zero-order chi connectivity index (χ0) is 16.1. The van der Waals surface area contributed by atoms with Crippen molar-refractivity contribution in [3.63, 3.8) is 0 Å². The van der Waals surface area contributed by atoms with Crippen molar-refractivity contribution in [2.24, 2.45) is 10.8 Å². The van der Waals surface area contributed by atoms with Crippen LogP contribution in [0, 0.1) is 0 Å². The lowest BCUT2D eigenvalue weighted by molar-refractivity contribution is 0.509. The number of benzene rings is 1. The maximum absolute atomic E-state index is 6.04. The molecule has 1 fully saturated rings. The van der Waals surface area contributed by atoms with Crippen LogP contribution in [0.3, 0.4) is 0 Å². The highest BCUT2D eigenvalue weighted by Gasteiger charge is 2.14. The van der Waals surface area contributed by atoms with Crippen LogP contribution in [-0.4, -0.2) is 33.9 Å². The van der Waals surface area contributed by atoms with E-state index in [4.69, 9.17) is 18.0 Å². The molecule has 1 aliphatic rings. The van der Waals surface area contributed by atoms with Crippen LogP contribution in [0.25, 0.3) is 11.1 Å². The van der Waals surface area contributed by atoms with Crippen LogP contribution < -0.4 is 11.2 Å². The highest BCUT2D eigenvalue weighted by molar-refractivity contribution is 7.80. The molecular formula is C17H19N5S. The number of nitrogens with two attached hydrogens (primary N) is 1. The maximum atomic E-state index is 6.04. The number of hydrogen-bond donors (Lipinski definition) is 2. The number of likely N-dealkylation sites (tertiary alicyclic amines) is 1. The first-order valence-corrected chi connectivity index (χ1v) is 8.05. The summed E-state index contributed by atoms with van der Waals surface area (Å²) >= 11 is 5.32. The number of hydrogen-bond acceptors (Lipinski definition) is 3. The summed E-state index contributed by atoms with van der Waals surface area (Å²) in [5.74, 6) is 0.323. The van der Waals surface area contributed by atoms with E-state index in [9.17, 15) is 0 Å². The molecule has 0 amide bonds. The average molecular weight is 325 g/mol. The number of amidine groups is 1. The molecule has 118 valence electrons. The molecule has 23 heavy (non-hydrogen) atoms. The van der Waals surface area contributed by atoms with Crippen molar-refractivity contribution in [1.82, 2.24) is 15.3 Å². The van der Waals surface area contributed by atoms with Crippen molar-refractivity contribution in [2.45, 2.75) is 12.8 Å². The van der Waals surface area contributed by atoms with Crippen molar-refractivity contribution in [1.29, 1.82) is 0 Å². The number of nitrogens with zero attached hydrogens (tertiary/aromatic N) is 3. The highest BCUT2D eigenvalue weighted by atomic mass is 32.1. The molecule has 0 unspecified atom stereocenters. The smallest absolute Gasteiger partial charge is 0.189 e. The first-order chi connectivity index (χ1) is 11.2. The minimum absolute atomic E-state index is 0.323. The molecule has 0 atom stereocenters. The Labute approximate surface area is 141 Å². The largest absolute Gasteiger partial charge is 0.380 e. The van der Waals surface area contributed by atoms with Gasteiger partial charge in [-0.25, -0.2) is 0 Å². The Morgan fingerprint density at radius 1 is 1.13 bits per heavy atom. The van der Waals surface area contributed by atoms with Gasteiger partial charge < -0.3 is 10.6 Å². The molecule has 0 aliphatic carbocycles. The van der Waals surface area contributed by atoms with Gasteiger partial charge in [0, 0.05) is 19.3 Å². The van der Waals surface area contributed by atoms with Crippen LogP contribution in [0.2, 0.25) is 0 Å². The third-order valence-corrected chi connectivity index (χ3v) is 4.14. The summed E-state index contributed by atoms with van der Waals surface area (Å²) in [6.07, 6.45) is 4.07. The lowest BCUT2D eigenvalue weighted by Crippen LogP contribution is -2.36. The molecule has 3 rings (SSSR count). The Bertz CT molecular complexity index is 708. The maximum Gasteiger partial charge on any atom is 0.189 e. The fourth-order valence-corrected chi connectivity index (χ4v) is 2.77. The van der Waals surface area contributed by atoms with Gasteiger partial charge in [-0.2, -0.15) is 5.10 Å². The number of aromatic nitrogens is 1. The molecule has 1 aromatic carbocycles. The fourth-order valence-electron chi connectivity index (χ4n) is 2.54. The SMILES string of the molecule is N/C(=N\NC(=S)N1CCCC1)c1cc(-c2ccccc2)ccn1. The van der Waals surface area contributed by atoms with E-state index in [-0.39, 0.29) is 0 Å². The van der Waals surface area contributed by atoms with Gasteiger partial charge in [-0.3, -0.25) is 10.4 Å². The molecule has 6 heteroatoms. The minimum atomic E-state index is 0.323. The molecule has 0 spiro atoms. The molecule has 0 radical (unpaired) electrons. The second kappa shape index (κ2) is 7.19. The zero-order valence-corrected chi connectivity index (χ0v) is 13.6. The standard InChI is InChI=1S/C17H19N5S/c18-16(20-21-17(23)22-10-4-5-11-22)15-12-14(8-9-19-15)13-6-2-1-3-7-13/h1-3,6-9,12H,4-5,10-11H2,(H2,18,20)(H,21,23). The lowest BCUT2D eigenvalue weighted by Gasteiger charge is -2.17. The number of rotatable bonds is 3. The second-order valence-electron chi connectivity index (χ2n) is 5.40. The molecule has 2 heterocycles. The third kappa shape index (κ3) is 3.84. The zero-order valence-electron chi connectivity index (χ0n) is 12.8. The molecule has 0 bridgehead atoms. The van der Waals surface area contributed by atoms with Gasteiger partial charge in [-0.1, -0.05) is 30.3 Å². The molecule has 5 nitrogen and oxygen atoms in total. The quantitative estimate of drug-likeness (QED) is 0.392. The molecular weight excluding hydrogens is 306 g/mol. The Morgan fingerprint density at radius 3 is 2.61 bits per heavy atom. The summed E-state index contributed by atoms with van der Waals surface area (Å²) in [6.45, 7) is 1.95. The predicted octanol–water partition coefficient (Wildman–Crippen LogP) is 2.34. The number of pyridine rings is 1. The predicted molar refractivity (Wildman–Crippen MR) is 96.9 cm³/mol. The van der Waals surface area contributed by atoms with Crippen LogP contribution in [0.5, 0.6) is 0 Å². The number of thiocarbonyl (C=S) groups is 1. The lowest BCUT2D eigenvalue weighted by atomic mass is 10.1. The molecule has 1 saturated heterocycles. The van der Waals surface area contributed by atoms with E-state index in [2.05, 4.69) is 20.4 Å². The van der Waals surface area contributed by atoms with Gasteiger partial charge in [-0.15, -0.1) is 0 Å². The van der Waals surface area contributed by atoms with Crippen LogP contribution in [0.15, 0.2) is 53.8 Å². The second-order valence-corrected chi connectivity index (χ2v) is 5.79.